The van der Waals surface area contributed by atoms with Crippen LogP contribution in [0.1, 0.15) is 65.9 Å². The van der Waals surface area contributed by atoms with Gasteiger partial charge in [0.15, 0.2) is 5.78 Å². The van der Waals surface area contributed by atoms with Crippen molar-refractivity contribution in [2.75, 3.05) is 0 Å². The Morgan fingerprint density at radius 1 is 0.588 bits per heavy atom. The molecule has 2 N–H and O–H groups in total. The maximum atomic E-state index is 13.8. The molecule has 0 amide bonds. The molecule has 0 unspecified atom stereocenters. The van der Waals surface area contributed by atoms with Crippen molar-refractivity contribution in [2.45, 2.75) is 38.5 Å². The Labute approximate surface area is 201 Å². The maximum absolute atomic E-state index is 13.8. The van der Waals surface area contributed by atoms with Crippen LogP contribution in [0.15, 0.2) is 97.1 Å². The Balaban J connectivity index is 1.89. The van der Waals surface area contributed by atoms with E-state index in [1.54, 1.807) is 24.3 Å². The van der Waals surface area contributed by atoms with Crippen molar-refractivity contribution >= 4 is 5.78 Å². The van der Waals surface area contributed by atoms with Crippen LogP contribution in [0, 0.1) is 0 Å². The first kappa shape index (κ1) is 23.3. The highest BCUT2D eigenvalue weighted by Gasteiger charge is 2.31. The third kappa shape index (κ3) is 4.34. The predicted octanol–water partition coefficient (Wildman–Crippen LogP) is 6.98. The third-order valence-corrected chi connectivity index (χ3v) is 6.87. The number of carbonyl (C=O) groups excluding carboxylic acids is 1. The van der Waals surface area contributed by atoms with Gasteiger partial charge in [-0.25, -0.2) is 0 Å². The standard InChI is InChI=1S/C31H30O3/c1-30(2,22-10-15-25(32)16-11-22)24-14-19-28(31(3,4)23-12-17-26(33)18-13-23)27(20-24)29(34)21-8-6-5-7-9-21/h5-20,32-33H,1-4H3. The monoisotopic (exact) mass is 450 g/mol. The summed E-state index contributed by atoms with van der Waals surface area (Å²) in [6.45, 7) is 8.44. The lowest BCUT2D eigenvalue weighted by molar-refractivity contribution is 0.103. The molecule has 0 spiro atoms. The number of ketones is 1. The van der Waals surface area contributed by atoms with Crippen LogP contribution in [0.3, 0.4) is 0 Å². The molecule has 0 fully saturated rings. The van der Waals surface area contributed by atoms with E-state index in [0.29, 0.717) is 11.1 Å². The van der Waals surface area contributed by atoms with Gasteiger partial charge in [0, 0.05) is 22.0 Å². The summed E-state index contributed by atoms with van der Waals surface area (Å²) in [5.41, 5.74) is 4.47. The van der Waals surface area contributed by atoms with Gasteiger partial charge in [0.1, 0.15) is 11.5 Å². The summed E-state index contributed by atoms with van der Waals surface area (Å²) in [5.74, 6) is 0.419. The van der Waals surface area contributed by atoms with Crippen LogP contribution in [-0.4, -0.2) is 16.0 Å². The average molecular weight is 451 g/mol. The molecule has 4 aromatic carbocycles. The van der Waals surface area contributed by atoms with E-state index in [0.717, 1.165) is 22.3 Å². The molecule has 172 valence electrons. The number of hydrogen-bond donors (Lipinski definition) is 2. The minimum atomic E-state index is -0.464. The molecule has 34 heavy (non-hydrogen) atoms. The van der Waals surface area contributed by atoms with Crippen LogP contribution in [-0.2, 0) is 10.8 Å². The third-order valence-electron chi connectivity index (χ3n) is 6.87. The highest BCUT2D eigenvalue weighted by atomic mass is 16.3. The molecule has 0 aromatic heterocycles. The summed E-state index contributed by atoms with van der Waals surface area (Å²) in [7, 11) is 0. The quantitative estimate of drug-likeness (QED) is 0.312. The Hall–Kier alpha value is -3.85. The first-order valence-corrected chi connectivity index (χ1v) is 11.4. The lowest BCUT2D eigenvalue weighted by atomic mass is 9.72. The van der Waals surface area contributed by atoms with Crippen molar-refractivity contribution in [3.05, 3.63) is 130 Å². The van der Waals surface area contributed by atoms with Crippen LogP contribution in [0.25, 0.3) is 0 Å². The highest BCUT2D eigenvalue weighted by molar-refractivity contribution is 6.10. The largest absolute Gasteiger partial charge is 0.508 e. The lowest BCUT2D eigenvalue weighted by Crippen LogP contribution is -2.25. The fraction of sp³-hybridized carbons (Fsp3) is 0.194. The molecule has 0 heterocycles. The number of benzene rings is 4. The van der Waals surface area contributed by atoms with E-state index in [1.807, 2.05) is 60.7 Å². The molecule has 0 aliphatic rings. The maximum Gasteiger partial charge on any atom is 0.193 e. The van der Waals surface area contributed by atoms with Crippen LogP contribution in [0.4, 0.5) is 0 Å². The SMILES string of the molecule is CC(C)(c1ccc(O)cc1)c1ccc(C(C)(C)c2ccc(O)cc2)c(C(=O)c2ccccc2)c1. The summed E-state index contributed by atoms with van der Waals surface area (Å²) in [5, 5.41) is 19.5. The van der Waals surface area contributed by atoms with E-state index in [-0.39, 0.29) is 22.7 Å². The van der Waals surface area contributed by atoms with Crippen molar-refractivity contribution < 1.29 is 15.0 Å². The molecule has 4 rings (SSSR count). The van der Waals surface area contributed by atoms with Gasteiger partial charge in [-0.15, -0.1) is 0 Å². The molecule has 4 aromatic rings. The highest BCUT2D eigenvalue weighted by Crippen LogP contribution is 2.39. The number of rotatable bonds is 6. The van der Waals surface area contributed by atoms with Crippen LogP contribution < -0.4 is 0 Å². The van der Waals surface area contributed by atoms with E-state index in [1.165, 1.54) is 0 Å². The average Bonchev–Trinajstić information content (AvgIpc) is 2.84. The van der Waals surface area contributed by atoms with Crippen LogP contribution in [0.2, 0.25) is 0 Å². The molecule has 0 aliphatic carbocycles. The molecule has 3 nitrogen and oxygen atoms in total. The van der Waals surface area contributed by atoms with Crippen molar-refractivity contribution in [1.29, 1.82) is 0 Å². The molecule has 0 saturated carbocycles. The number of phenols is 2. The van der Waals surface area contributed by atoms with Crippen LogP contribution in [0.5, 0.6) is 11.5 Å². The summed E-state index contributed by atoms with van der Waals surface area (Å²) >= 11 is 0. The zero-order valence-electron chi connectivity index (χ0n) is 20.0. The van der Waals surface area contributed by atoms with Gasteiger partial charge >= 0.3 is 0 Å². The van der Waals surface area contributed by atoms with Crippen molar-refractivity contribution in [2.24, 2.45) is 0 Å². The smallest absolute Gasteiger partial charge is 0.193 e. The van der Waals surface area contributed by atoms with Gasteiger partial charge in [-0.3, -0.25) is 4.79 Å². The second-order valence-electron chi connectivity index (χ2n) is 9.80. The molecular formula is C31H30O3. The second-order valence-corrected chi connectivity index (χ2v) is 9.80. The Bertz CT molecular complexity index is 1300. The fourth-order valence-electron chi connectivity index (χ4n) is 4.49. The van der Waals surface area contributed by atoms with Gasteiger partial charge in [0.2, 0.25) is 0 Å². The van der Waals surface area contributed by atoms with Crippen LogP contribution >= 0.6 is 0 Å². The van der Waals surface area contributed by atoms with Crippen molar-refractivity contribution in [3.63, 3.8) is 0 Å². The number of carbonyl (C=O) groups is 1. The fourth-order valence-corrected chi connectivity index (χ4v) is 4.49. The summed E-state index contributed by atoms with van der Waals surface area (Å²) in [6.07, 6.45) is 0. The Morgan fingerprint density at radius 2 is 1.06 bits per heavy atom. The zero-order chi connectivity index (χ0) is 24.5. The first-order valence-electron chi connectivity index (χ1n) is 11.4. The predicted molar refractivity (Wildman–Crippen MR) is 137 cm³/mol. The molecule has 0 atom stereocenters. The van der Waals surface area contributed by atoms with E-state index < -0.39 is 5.41 Å². The normalized spacial score (nSPS) is 11.9. The molecular weight excluding hydrogens is 420 g/mol. The Kier molecular flexibility index (Phi) is 6.05. The van der Waals surface area contributed by atoms with Gasteiger partial charge in [-0.05, 0) is 52.6 Å². The molecule has 0 saturated heterocycles. The number of hydrogen-bond acceptors (Lipinski definition) is 3. The van der Waals surface area contributed by atoms with Gasteiger partial charge in [-0.1, -0.05) is 94.4 Å². The van der Waals surface area contributed by atoms with E-state index in [9.17, 15) is 15.0 Å². The van der Waals surface area contributed by atoms with Crippen molar-refractivity contribution in [1.82, 2.24) is 0 Å². The topological polar surface area (TPSA) is 57.5 Å². The molecule has 0 radical (unpaired) electrons. The van der Waals surface area contributed by atoms with Gasteiger partial charge in [-0.2, -0.15) is 0 Å². The summed E-state index contributed by atoms with van der Waals surface area (Å²) in [6, 6.07) is 29.9. The van der Waals surface area contributed by atoms with E-state index >= 15 is 0 Å². The zero-order valence-corrected chi connectivity index (χ0v) is 20.0. The van der Waals surface area contributed by atoms with Gasteiger partial charge in [0.25, 0.3) is 0 Å². The lowest BCUT2D eigenvalue weighted by Gasteiger charge is -2.31. The van der Waals surface area contributed by atoms with Gasteiger partial charge < -0.3 is 10.2 Å². The number of phenolic OH excluding ortho intramolecular Hbond substituents is 2. The van der Waals surface area contributed by atoms with E-state index in [2.05, 4.69) is 39.8 Å². The molecule has 3 heteroatoms. The summed E-state index contributed by atoms with van der Waals surface area (Å²) in [4.78, 5) is 13.8. The second kappa shape index (κ2) is 8.83. The molecule has 0 aliphatic heterocycles. The van der Waals surface area contributed by atoms with Gasteiger partial charge in [0.05, 0.1) is 0 Å². The van der Waals surface area contributed by atoms with E-state index in [4.69, 9.17) is 0 Å². The summed E-state index contributed by atoms with van der Waals surface area (Å²) < 4.78 is 0. The minimum Gasteiger partial charge on any atom is -0.508 e. The Morgan fingerprint density at radius 3 is 1.59 bits per heavy atom. The number of aromatic hydroxyl groups is 2. The van der Waals surface area contributed by atoms with Crippen molar-refractivity contribution in [3.8, 4) is 11.5 Å². The minimum absolute atomic E-state index is 0.0224. The first-order chi connectivity index (χ1) is 16.1. The molecule has 0 bridgehead atoms.